The third kappa shape index (κ3) is 4.89. The molecule has 0 amide bonds. The SMILES string of the molecule is O=c1cc(-c2ccc(O[C@@H]3O[C@H](CO)[C@@H](O)[C@@H](O)[C@H]3O)cc2)oc2cc(O)c([C@H]3OC[C@H](O)[C@@H](O)[C@H]3O)c(O)c12. The Balaban J connectivity index is 1.41. The van der Waals surface area contributed by atoms with Crippen LogP contribution in [0.1, 0.15) is 11.7 Å². The Morgan fingerprint density at radius 2 is 1.57 bits per heavy atom. The van der Waals surface area contributed by atoms with Crippen LogP contribution >= 0.6 is 0 Å². The van der Waals surface area contributed by atoms with Gasteiger partial charge in [-0.15, -0.1) is 0 Å². The number of aromatic hydroxyl groups is 2. The van der Waals surface area contributed by atoms with E-state index in [1.54, 1.807) is 0 Å². The monoisotopic (exact) mass is 564 g/mol. The quantitative estimate of drug-likeness (QED) is 0.166. The molecule has 2 aliphatic heterocycles. The molecule has 0 radical (unpaired) electrons. The molecule has 0 saturated carbocycles. The number of phenolic OH excluding ortho intramolecular Hbond substituents is 2. The van der Waals surface area contributed by atoms with Gasteiger partial charge in [0.05, 0.1) is 18.8 Å². The summed E-state index contributed by atoms with van der Waals surface area (Å²) in [6.45, 7) is -1.000. The Labute approximate surface area is 225 Å². The Bertz CT molecular complexity index is 1420. The average molecular weight is 564 g/mol. The van der Waals surface area contributed by atoms with E-state index in [1.165, 1.54) is 24.3 Å². The fourth-order valence-electron chi connectivity index (χ4n) is 4.78. The van der Waals surface area contributed by atoms with Gasteiger partial charge in [0.25, 0.3) is 0 Å². The van der Waals surface area contributed by atoms with E-state index in [9.17, 15) is 50.8 Å². The number of hydrogen-bond acceptors (Lipinski definition) is 14. The van der Waals surface area contributed by atoms with Crippen molar-refractivity contribution < 1.29 is 64.6 Å². The topological polar surface area (TPSA) is 240 Å². The van der Waals surface area contributed by atoms with Crippen LogP contribution in [-0.2, 0) is 9.47 Å². The second-order valence-corrected chi connectivity index (χ2v) is 9.65. The van der Waals surface area contributed by atoms with E-state index in [0.717, 1.165) is 12.1 Å². The summed E-state index contributed by atoms with van der Waals surface area (Å²) in [6, 6.07) is 8.03. The maximum atomic E-state index is 13.0. The first-order valence-corrected chi connectivity index (χ1v) is 12.3. The molecule has 40 heavy (non-hydrogen) atoms. The van der Waals surface area contributed by atoms with Crippen molar-refractivity contribution in [1.29, 1.82) is 0 Å². The van der Waals surface area contributed by atoms with E-state index in [0.29, 0.717) is 5.56 Å². The first-order chi connectivity index (χ1) is 19.0. The third-order valence-electron chi connectivity index (χ3n) is 7.04. The van der Waals surface area contributed by atoms with Crippen LogP contribution in [0.5, 0.6) is 17.2 Å². The minimum Gasteiger partial charge on any atom is -0.507 e. The normalized spacial score (nSPS) is 32.7. The molecule has 3 aromatic rings. The molecule has 14 nitrogen and oxygen atoms in total. The van der Waals surface area contributed by atoms with Crippen molar-refractivity contribution in [2.24, 2.45) is 0 Å². The summed E-state index contributed by atoms with van der Waals surface area (Å²) >= 11 is 0. The Morgan fingerprint density at radius 3 is 2.25 bits per heavy atom. The highest BCUT2D eigenvalue weighted by molar-refractivity contribution is 5.88. The molecule has 9 atom stereocenters. The standard InChI is InChI=1S/C26H28O14/c27-7-16-20(32)22(34)24(36)26(40-16)38-10-3-1-9(2-4-10)14-5-11(28)17-15(39-14)6-12(29)18(21(17)33)25-23(35)19(31)13(30)8-37-25/h1-6,13,16,19-20,22-27,29-36H,7-8H2/t13-,16+,19+,20+,22+,23+,24+,25+,26+/m0/s1. The first kappa shape index (κ1) is 28.2. The lowest BCUT2D eigenvalue weighted by Crippen LogP contribution is -2.60. The molecule has 0 unspecified atom stereocenters. The number of fused-ring (bicyclic) bond motifs is 1. The zero-order valence-electron chi connectivity index (χ0n) is 20.6. The van der Waals surface area contributed by atoms with Crippen molar-refractivity contribution in [2.45, 2.75) is 55.1 Å². The van der Waals surface area contributed by atoms with Crippen LogP contribution in [0.25, 0.3) is 22.3 Å². The highest BCUT2D eigenvalue weighted by atomic mass is 16.7. The summed E-state index contributed by atoms with van der Waals surface area (Å²) in [5, 5.41) is 90.4. The van der Waals surface area contributed by atoms with Crippen LogP contribution in [0, 0.1) is 0 Å². The summed E-state index contributed by atoms with van der Waals surface area (Å²) in [4.78, 5) is 13.0. The number of phenols is 2. The fraction of sp³-hybridized carbons (Fsp3) is 0.423. The zero-order chi connectivity index (χ0) is 28.9. The van der Waals surface area contributed by atoms with E-state index in [-0.39, 0.29) is 34.6 Å². The molecule has 0 bridgehead atoms. The average Bonchev–Trinajstić information content (AvgIpc) is 2.93. The smallest absolute Gasteiger partial charge is 0.229 e. The van der Waals surface area contributed by atoms with Gasteiger partial charge < -0.3 is 64.6 Å². The minimum absolute atomic E-state index is 0.0518. The number of ether oxygens (including phenoxy) is 3. The van der Waals surface area contributed by atoms with E-state index in [2.05, 4.69) is 0 Å². The number of benzene rings is 2. The van der Waals surface area contributed by atoms with Gasteiger partial charge in [-0.3, -0.25) is 4.79 Å². The Kier molecular flexibility index (Phi) is 7.71. The molecule has 3 heterocycles. The van der Waals surface area contributed by atoms with Gasteiger partial charge >= 0.3 is 0 Å². The number of rotatable bonds is 5. The van der Waals surface area contributed by atoms with Crippen molar-refractivity contribution >= 4 is 11.0 Å². The molecule has 0 aliphatic carbocycles. The molecule has 2 aliphatic rings. The van der Waals surface area contributed by atoms with Crippen molar-refractivity contribution in [3.8, 4) is 28.6 Å². The fourth-order valence-corrected chi connectivity index (χ4v) is 4.78. The van der Waals surface area contributed by atoms with Crippen LogP contribution in [0.15, 0.2) is 45.6 Å². The third-order valence-corrected chi connectivity index (χ3v) is 7.04. The summed E-state index contributed by atoms with van der Waals surface area (Å²) in [5.41, 5.74) is -0.844. The minimum atomic E-state index is -1.70. The maximum absolute atomic E-state index is 13.0. The van der Waals surface area contributed by atoms with E-state index < -0.39 is 78.7 Å². The van der Waals surface area contributed by atoms with Crippen LogP contribution < -0.4 is 10.2 Å². The molecular formula is C26H28O14. The van der Waals surface area contributed by atoms with Crippen LogP contribution in [-0.4, -0.2) is 108 Å². The predicted molar refractivity (Wildman–Crippen MR) is 132 cm³/mol. The van der Waals surface area contributed by atoms with Crippen molar-refractivity contribution in [1.82, 2.24) is 0 Å². The number of hydrogen-bond donors (Lipinski definition) is 9. The molecule has 9 N–H and O–H groups in total. The number of aliphatic hydroxyl groups is 7. The molecular weight excluding hydrogens is 536 g/mol. The lowest BCUT2D eigenvalue weighted by atomic mass is 9.92. The summed E-state index contributed by atoms with van der Waals surface area (Å²) in [7, 11) is 0. The van der Waals surface area contributed by atoms with Crippen LogP contribution in [0.3, 0.4) is 0 Å². The Hall–Kier alpha value is -3.31. The zero-order valence-corrected chi connectivity index (χ0v) is 20.6. The van der Waals surface area contributed by atoms with E-state index in [1.807, 2.05) is 0 Å². The second kappa shape index (κ2) is 10.9. The lowest BCUT2D eigenvalue weighted by molar-refractivity contribution is -0.277. The van der Waals surface area contributed by atoms with Gasteiger partial charge in [-0.25, -0.2) is 0 Å². The van der Waals surface area contributed by atoms with Crippen molar-refractivity contribution in [3.63, 3.8) is 0 Å². The first-order valence-electron chi connectivity index (χ1n) is 12.3. The molecule has 14 heteroatoms. The maximum Gasteiger partial charge on any atom is 0.229 e. The predicted octanol–water partition coefficient (Wildman–Crippen LogP) is -1.80. The summed E-state index contributed by atoms with van der Waals surface area (Å²) < 4.78 is 21.9. The van der Waals surface area contributed by atoms with Gasteiger partial charge in [-0.05, 0) is 24.3 Å². The molecule has 216 valence electrons. The van der Waals surface area contributed by atoms with E-state index >= 15 is 0 Å². The number of aliphatic hydroxyl groups excluding tert-OH is 7. The van der Waals surface area contributed by atoms with Crippen LogP contribution in [0.2, 0.25) is 0 Å². The summed E-state index contributed by atoms with van der Waals surface area (Å²) in [5.74, 6) is -1.07. The van der Waals surface area contributed by atoms with Crippen molar-refractivity contribution in [3.05, 3.63) is 52.2 Å². The second-order valence-electron chi connectivity index (χ2n) is 9.65. The Morgan fingerprint density at radius 1 is 0.875 bits per heavy atom. The molecule has 1 aromatic heterocycles. The lowest BCUT2D eigenvalue weighted by Gasteiger charge is -2.39. The van der Waals surface area contributed by atoms with Gasteiger partial charge in [-0.2, -0.15) is 0 Å². The van der Waals surface area contributed by atoms with Gasteiger partial charge in [0.15, 0.2) is 5.43 Å². The van der Waals surface area contributed by atoms with Gasteiger partial charge in [0, 0.05) is 17.7 Å². The van der Waals surface area contributed by atoms with E-state index in [4.69, 9.17) is 18.6 Å². The largest absolute Gasteiger partial charge is 0.507 e. The molecule has 0 spiro atoms. The molecule has 2 aromatic carbocycles. The molecule has 5 rings (SSSR count). The van der Waals surface area contributed by atoms with Gasteiger partial charge in [0.1, 0.15) is 82.8 Å². The van der Waals surface area contributed by atoms with Gasteiger partial charge in [0.2, 0.25) is 6.29 Å². The summed E-state index contributed by atoms with van der Waals surface area (Å²) in [6.07, 6.45) is -13.4. The van der Waals surface area contributed by atoms with Crippen molar-refractivity contribution in [2.75, 3.05) is 13.2 Å². The molecule has 2 fully saturated rings. The highest BCUT2D eigenvalue weighted by Gasteiger charge is 2.45. The van der Waals surface area contributed by atoms with Crippen LogP contribution in [0.4, 0.5) is 0 Å². The molecule has 2 saturated heterocycles. The van der Waals surface area contributed by atoms with Gasteiger partial charge in [-0.1, -0.05) is 0 Å². The highest BCUT2D eigenvalue weighted by Crippen LogP contribution is 2.43.